The molecule has 2 heterocycles. The van der Waals surface area contributed by atoms with Gasteiger partial charge in [0.1, 0.15) is 18.1 Å². The summed E-state index contributed by atoms with van der Waals surface area (Å²) in [7, 11) is 1.51. The SMILES string of the molecule is C[n+]1[nH]oc(=O)c1C(=O)CSC1=N/C(=C/c2ccc(OCc3ccccc3)cc2)C(=O)N1c1ccccc1. The van der Waals surface area contributed by atoms with Crippen LogP contribution in [0.15, 0.2) is 105 Å². The van der Waals surface area contributed by atoms with E-state index in [1.807, 2.05) is 72.8 Å². The molecule has 3 aromatic carbocycles. The summed E-state index contributed by atoms with van der Waals surface area (Å²) in [6.07, 6.45) is 1.69. The molecule has 0 radical (unpaired) electrons. The third kappa shape index (κ3) is 5.50. The Bertz CT molecular complexity index is 1570. The number of nitrogens with zero attached hydrogens (tertiary/aromatic N) is 3. The minimum Gasteiger partial charge on any atom is -0.489 e. The fraction of sp³-hybridized carbons (Fsp3) is 0.107. The van der Waals surface area contributed by atoms with Gasteiger partial charge in [0.05, 0.1) is 11.4 Å². The average Bonchev–Trinajstić information content (AvgIpc) is 3.45. The number of amidine groups is 1. The number of anilines is 1. The average molecular weight is 528 g/mol. The highest BCUT2D eigenvalue weighted by atomic mass is 32.2. The Morgan fingerprint density at radius 3 is 2.37 bits per heavy atom. The Kier molecular flexibility index (Phi) is 7.32. The number of ketones is 1. The highest BCUT2D eigenvalue weighted by Gasteiger charge is 2.34. The molecule has 1 aromatic heterocycles. The number of thioether (sulfide) groups is 1. The van der Waals surface area contributed by atoms with Crippen LogP contribution in [0.3, 0.4) is 0 Å². The van der Waals surface area contributed by atoms with Gasteiger partial charge in [-0.2, -0.15) is 0 Å². The lowest BCUT2D eigenvalue weighted by atomic mass is 10.2. The second kappa shape index (κ2) is 11.1. The number of hydrogen-bond acceptors (Lipinski definition) is 7. The van der Waals surface area contributed by atoms with E-state index < -0.39 is 11.4 Å². The van der Waals surface area contributed by atoms with Crippen LogP contribution in [0.5, 0.6) is 5.75 Å². The number of benzene rings is 3. The Morgan fingerprint density at radius 1 is 1.03 bits per heavy atom. The number of carbonyl (C=O) groups is 2. The monoisotopic (exact) mass is 527 g/mol. The Balaban J connectivity index is 1.35. The summed E-state index contributed by atoms with van der Waals surface area (Å²) in [4.78, 5) is 43.9. The van der Waals surface area contributed by atoms with Gasteiger partial charge in [0, 0.05) is 0 Å². The molecule has 0 spiro atoms. The fourth-order valence-electron chi connectivity index (χ4n) is 3.80. The number of rotatable bonds is 8. The summed E-state index contributed by atoms with van der Waals surface area (Å²) in [5.74, 6) is -0.158. The highest BCUT2D eigenvalue weighted by molar-refractivity contribution is 8.14. The number of aryl methyl sites for hydroxylation is 1. The van der Waals surface area contributed by atoms with Gasteiger partial charge in [0.15, 0.2) is 12.2 Å². The maximum Gasteiger partial charge on any atom is 0.438 e. The van der Waals surface area contributed by atoms with E-state index in [1.54, 1.807) is 18.2 Å². The lowest BCUT2D eigenvalue weighted by Gasteiger charge is -2.17. The molecule has 0 atom stereocenters. The number of aromatic amines is 1. The number of nitrogens with one attached hydrogen (secondary N) is 1. The minimum absolute atomic E-state index is 0.105. The zero-order valence-electron chi connectivity index (χ0n) is 20.4. The number of aliphatic imine (C=N–C) groups is 1. The number of Topliss-reactive ketones (excluding diaryl/α,β-unsaturated/α-hetero) is 1. The van der Waals surface area contributed by atoms with Crippen LogP contribution in [0.25, 0.3) is 6.08 Å². The third-order valence-corrected chi connectivity index (χ3v) is 6.61. The lowest BCUT2D eigenvalue weighted by molar-refractivity contribution is -0.741. The Labute approximate surface area is 222 Å². The zero-order valence-corrected chi connectivity index (χ0v) is 21.2. The molecule has 4 aromatic rings. The van der Waals surface area contributed by atoms with Gasteiger partial charge in [-0.1, -0.05) is 77.1 Å². The van der Waals surface area contributed by atoms with Crippen molar-refractivity contribution in [1.82, 2.24) is 5.27 Å². The summed E-state index contributed by atoms with van der Waals surface area (Å²) in [6, 6.07) is 26.3. The summed E-state index contributed by atoms with van der Waals surface area (Å²) in [6.45, 7) is 0.456. The van der Waals surface area contributed by atoms with Gasteiger partial charge in [-0.15, -0.1) is 0 Å². The van der Waals surface area contributed by atoms with Gasteiger partial charge in [-0.3, -0.25) is 19.0 Å². The number of hydrogen-bond donors (Lipinski definition) is 1. The van der Waals surface area contributed by atoms with Crippen molar-refractivity contribution in [2.75, 3.05) is 10.7 Å². The van der Waals surface area contributed by atoms with E-state index in [9.17, 15) is 14.4 Å². The first kappa shape index (κ1) is 25.0. The van der Waals surface area contributed by atoms with E-state index in [0.717, 1.165) is 22.9 Å². The fourth-order valence-corrected chi connectivity index (χ4v) is 4.67. The molecule has 10 heteroatoms. The van der Waals surface area contributed by atoms with Crippen LogP contribution in [-0.4, -0.2) is 27.9 Å². The van der Waals surface area contributed by atoms with Crippen LogP contribution in [-0.2, 0) is 18.4 Å². The highest BCUT2D eigenvalue weighted by Crippen LogP contribution is 2.29. The van der Waals surface area contributed by atoms with Crippen LogP contribution in [0.2, 0.25) is 0 Å². The van der Waals surface area contributed by atoms with Crippen LogP contribution < -0.4 is 19.9 Å². The van der Waals surface area contributed by atoms with Gasteiger partial charge < -0.3 is 4.74 Å². The summed E-state index contributed by atoms with van der Waals surface area (Å²) >= 11 is 1.07. The second-order valence-corrected chi connectivity index (χ2v) is 9.29. The molecule has 0 saturated carbocycles. The molecule has 38 heavy (non-hydrogen) atoms. The van der Waals surface area contributed by atoms with Crippen molar-refractivity contribution in [3.8, 4) is 5.75 Å². The quantitative estimate of drug-likeness (QED) is 0.213. The van der Waals surface area contributed by atoms with E-state index in [0.29, 0.717) is 23.2 Å². The molecule has 9 nitrogen and oxygen atoms in total. The van der Waals surface area contributed by atoms with Gasteiger partial charge in [-0.05, 0) is 46.7 Å². The molecule has 0 fully saturated rings. The predicted octanol–water partition coefficient (Wildman–Crippen LogP) is 3.73. The van der Waals surface area contributed by atoms with E-state index in [-0.39, 0.29) is 23.1 Å². The van der Waals surface area contributed by atoms with Crippen molar-refractivity contribution in [2.24, 2.45) is 12.0 Å². The molecule has 190 valence electrons. The molecule has 0 unspecified atom stereocenters. The molecule has 0 aliphatic carbocycles. The smallest absolute Gasteiger partial charge is 0.438 e. The number of amides is 1. The summed E-state index contributed by atoms with van der Waals surface area (Å²) < 4.78 is 11.7. The van der Waals surface area contributed by atoms with E-state index in [2.05, 4.69) is 14.8 Å². The Hall–Kier alpha value is -4.70. The largest absolute Gasteiger partial charge is 0.489 e. The van der Waals surface area contributed by atoms with E-state index in [4.69, 9.17) is 4.74 Å². The van der Waals surface area contributed by atoms with Gasteiger partial charge in [0.25, 0.3) is 5.91 Å². The predicted molar refractivity (Wildman–Crippen MR) is 144 cm³/mol. The first-order valence-corrected chi connectivity index (χ1v) is 12.7. The first-order valence-electron chi connectivity index (χ1n) is 11.7. The van der Waals surface area contributed by atoms with Crippen molar-refractivity contribution in [3.63, 3.8) is 0 Å². The molecule has 0 bridgehead atoms. The van der Waals surface area contributed by atoms with Gasteiger partial charge >= 0.3 is 11.3 Å². The number of para-hydroxylation sites is 1. The Morgan fingerprint density at radius 2 is 1.71 bits per heavy atom. The molecule has 1 aliphatic rings. The number of H-pyrrole nitrogens is 1. The molecule has 5 rings (SSSR count). The number of aromatic nitrogens is 2. The van der Waals surface area contributed by atoms with Crippen molar-refractivity contribution in [2.45, 2.75) is 6.61 Å². The summed E-state index contributed by atoms with van der Waals surface area (Å²) in [5.41, 5.74) is 1.83. The lowest BCUT2D eigenvalue weighted by Crippen LogP contribution is -2.40. The van der Waals surface area contributed by atoms with E-state index in [1.165, 1.54) is 16.6 Å². The number of carbonyl (C=O) groups excluding carboxylic acids is 2. The zero-order chi connectivity index (χ0) is 26.5. The normalized spacial score (nSPS) is 14.1. The maximum absolute atomic E-state index is 13.4. The summed E-state index contributed by atoms with van der Waals surface area (Å²) in [5, 5.41) is 2.67. The molecular weight excluding hydrogens is 504 g/mol. The van der Waals surface area contributed by atoms with Crippen molar-refractivity contribution in [3.05, 3.63) is 118 Å². The van der Waals surface area contributed by atoms with Crippen molar-refractivity contribution >= 4 is 40.4 Å². The van der Waals surface area contributed by atoms with Crippen molar-refractivity contribution < 1.29 is 23.5 Å². The van der Waals surface area contributed by atoms with Gasteiger partial charge in [0.2, 0.25) is 5.78 Å². The second-order valence-electron chi connectivity index (χ2n) is 8.34. The van der Waals surface area contributed by atoms with Crippen LogP contribution in [0.4, 0.5) is 5.69 Å². The van der Waals surface area contributed by atoms with Crippen LogP contribution in [0.1, 0.15) is 21.6 Å². The molecule has 1 N–H and O–H groups in total. The standard InChI is InChI=1S/C28H22N4O5S/c1-31-25(27(35)37-30-31)24(33)18-38-28-29-23(26(34)32(28)21-10-6-3-7-11-21)16-19-12-14-22(15-13-19)36-17-20-8-4-2-5-9-20/h2-16H,17-18H2,1H3/p+1/b23-16+. The van der Waals surface area contributed by atoms with Gasteiger partial charge in [-0.25, -0.2) is 9.79 Å². The molecular formula is C28H23N4O5S+. The van der Waals surface area contributed by atoms with Crippen molar-refractivity contribution in [1.29, 1.82) is 0 Å². The van der Waals surface area contributed by atoms with E-state index >= 15 is 0 Å². The molecule has 0 saturated heterocycles. The first-order chi connectivity index (χ1) is 18.5. The number of ether oxygens (including phenoxy) is 1. The molecule has 1 aliphatic heterocycles. The molecule has 1 amide bonds. The third-order valence-electron chi connectivity index (χ3n) is 5.68. The maximum atomic E-state index is 13.4. The van der Waals surface area contributed by atoms with Crippen LogP contribution in [0, 0.1) is 0 Å². The van der Waals surface area contributed by atoms with Crippen LogP contribution >= 0.6 is 11.8 Å². The topological polar surface area (TPSA) is 109 Å². The minimum atomic E-state index is -0.751.